The Morgan fingerprint density at radius 1 is 1.29 bits per heavy atom. The van der Waals surface area contributed by atoms with E-state index in [0.29, 0.717) is 31.3 Å². The molecule has 1 aliphatic heterocycles. The molecule has 2 aromatic heterocycles. The van der Waals surface area contributed by atoms with Crippen LogP contribution in [-0.2, 0) is 22.4 Å². The van der Waals surface area contributed by atoms with E-state index in [0.717, 1.165) is 30.2 Å². The molecule has 0 aromatic carbocycles. The molecular formula is C16H25N5O3. The van der Waals surface area contributed by atoms with Crippen molar-refractivity contribution in [1.29, 1.82) is 0 Å². The summed E-state index contributed by atoms with van der Waals surface area (Å²) in [7, 11) is 3.41. The summed E-state index contributed by atoms with van der Waals surface area (Å²) >= 11 is 0. The van der Waals surface area contributed by atoms with Gasteiger partial charge in [-0.15, -0.1) is 0 Å². The average Bonchev–Trinajstić information content (AvgIpc) is 3.26. The van der Waals surface area contributed by atoms with Crippen LogP contribution in [0.25, 0.3) is 0 Å². The van der Waals surface area contributed by atoms with Gasteiger partial charge in [0.2, 0.25) is 5.89 Å². The monoisotopic (exact) mass is 335 g/mol. The number of methoxy groups -OCH3 is 2. The van der Waals surface area contributed by atoms with Crippen molar-refractivity contribution in [3.05, 3.63) is 28.9 Å². The summed E-state index contributed by atoms with van der Waals surface area (Å²) in [5.41, 5.74) is 2.14. The lowest BCUT2D eigenvalue weighted by Gasteiger charge is -2.20. The van der Waals surface area contributed by atoms with Crippen LogP contribution in [0.2, 0.25) is 0 Å². The standard InChI is InChI=1S/C16H25N5O3/c1-10-11(2)18-16(17-10)13-7-12(23-4)8-21(13)9-14-19-15(24-20-14)5-6-22-3/h12-13H,5-9H2,1-4H3,(H,17,18)/t12-,13+/m1/s1. The number of hydrogen-bond donors (Lipinski definition) is 1. The highest BCUT2D eigenvalue weighted by atomic mass is 16.5. The minimum atomic E-state index is 0.170. The van der Waals surface area contributed by atoms with Crippen molar-refractivity contribution in [1.82, 2.24) is 25.0 Å². The number of aryl methyl sites for hydroxylation is 2. The minimum Gasteiger partial charge on any atom is -0.384 e. The molecule has 1 aliphatic rings. The first kappa shape index (κ1) is 17.1. The van der Waals surface area contributed by atoms with Gasteiger partial charge in [-0.1, -0.05) is 5.16 Å². The fraction of sp³-hybridized carbons (Fsp3) is 0.688. The van der Waals surface area contributed by atoms with E-state index in [9.17, 15) is 0 Å². The molecule has 24 heavy (non-hydrogen) atoms. The topological polar surface area (TPSA) is 89.3 Å². The summed E-state index contributed by atoms with van der Waals surface area (Å²) in [5.74, 6) is 2.27. The number of aromatic nitrogens is 4. The maximum atomic E-state index is 5.56. The van der Waals surface area contributed by atoms with Gasteiger partial charge in [-0.25, -0.2) is 4.98 Å². The summed E-state index contributed by atoms with van der Waals surface area (Å²) in [6.07, 6.45) is 1.71. The van der Waals surface area contributed by atoms with E-state index in [2.05, 4.69) is 25.0 Å². The Hall–Kier alpha value is -1.77. The molecule has 3 heterocycles. The molecule has 2 atom stereocenters. The molecule has 0 aliphatic carbocycles. The number of nitrogens with one attached hydrogen (secondary N) is 1. The maximum Gasteiger partial charge on any atom is 0.229 e. The van der Waals surface area contributed by atoms with Crippen LogP contribution in [0.1, 0.15) is 41.4 Å². The third-order valence-corrected chi connectivity index (χ3v) is 4.54. The number of rotatable bonds is 7. The Balaban J connectivity index is 1.72. The number of aromatic amines is 1. The number of nitrogens with zero attached hydrogens (tertiary/aromatic N) is 4. The van der Waals surface area contributed by atoms with Gasteiger partial charge in [-0.05, 0) is 20.3 Å². The molecule has 0 spiro atoms. The highest BCUT2D eigenvalue weighted by Gasteiger charge is 2.36. The number of hydrogen-bond acceptors (Lipinski definition) is 7. The fourth-order valence-electron chi connectivity index (χ4n) is 3.05. The van der Waals surface area contributed by atoms with Crippen LogP contribution >= 0.6 is 0 Å². The molecule has 0 saturated carbocycles. The van der Waals surface area contributed by atoms with E-state index < -0.39 is 0 Å². The predicted molar refractivity (Wildman–Crippen MR) is 86.5 cm³/mol. The zero-order valence-electron chi connectivity index (χ0n) is 14.7. The summed E-state index contributed by atoms with van der Waals surface area (Å²) in [5, 5.41) is 4.08. The van der Waals surface area contributed by atoms with Crippen molar-refractivity contribution in [3.8, 4) is 0 Å². The maximum absolute atomic E-state index is 5.56. The average molecular weight is 335 g/mol. The first-order valence-electron chi connectivity index (χ1n) is 8.21. The molecule has 0 bridgehead atoms. The van der Waals surface area contributed by atoms with Gasteiger partial charge in [0, 0.05) is 26.5 Å². The molecule has 0 radical (unpaired) electrons. The Labute approximate surface area is 141 Å². The van der Waals surface area contributed by atoms with Crippen molar-refractivity contribution in [2.75, 3.05) is 27.4 Å². The van der Waals surface area contributed by atoms with Gasteiger partial charge >= 0.3 is 0 Å². The van der Waals surface area contributed by atoms with Crippen LogP contribution in [0.15, 0.2) is 4.52 Å². The Morgan fingerprint density at radius 2 is 2.12 bits per heavy atom. The largest absolute Gasteiger partial charge is 0.384 e. The van der Waals surface area contributed by atoms with Crippen LogP contribution < -0.4 is 0 Å². The number of ether oxygens (including phenoxy) is 2. The second kappa shape index (κ2) is 7.42. The zero-order chi connectivity index (χ0) is 17.1. The van der Waals surface area contributed by atoms with Crippen LogP contribution in [0.3, 0.4) is 0 Å². The van der Waals surface area contributed by atoms with Gasteiger partial charge in [-0.3, -0.25) is 4.90 Å². The highest BCUT2D eigenvalue weighted by Crippen LogP contribution is 2.33. The molecule has 0 unspecified atom stereocenters. The molecule has 8 heteroatoms. The van der Waals surface area contributed by atoms with Gasteiger partial charge in [0.25, 0.3) is 0 Å². The van der Waals surface area contributed by atoms with Gasteiger partial charge in [0.1, 0.15) is 5.82 Å². The molecule has 3 rings (SSSR count). The Kier molecular flexibility index (Phi) is 5.27. The van der Waals surface area contributed by atoms with Crippen molar-refractivity contribution < 1.29 is 14.0 Å². The SMILES string of the molecule is COCCc1nc(CN2C[C@H](OC)C[C@H]2c2nc(C)c(C)[nH]2)no1. The summed E-state index contributed by atoms with van der Waals surface area (Å²) in [6.45, 7) is 6.07. The fourth-order valence-corrected chi connectivity index (χ4v) is 3.05. The van der Waals surface area contributed by atoms with Crippen LogP contribution in [-0.4, -0.2) is 58.5 Å². The number of imidazole rings is 1. The molecule has 0 amide bonds. The lowest BCUT2D eigenvalue weighted by molar-refractivity contribution is 0.106. The van der Waals surface area contributed by atoms with Gasteiger partial charge < -0.3 is 19.0 Å². The quantitative estimate of drug-likeness (QED) is 0.821. The third-order valence-electron chi connectivity index (χ3n) is 4.54. The molecule has 1 saturated heterocycles. The second-order valence-corrected chi connectivity index (χ2v) is 6.22. The number of H-pyrrole nitrogens is 1. The van der Waals surface area contributed by atoms with E-state index >= 15 is 0 Å². The smallest absolute Gasteiger partial charge is 0.229 e. The summed E-state index contributed by atoms with van der Waals surface area (Å²) < 4.78 is 15.9. The van der Waals surface area contributed by atoms with Gasteiger partial charge in [-0.2, -0.15) is 4.98 Å². The lowest BCUT2D eigenvalue weighted by atomic mass is 10.2. The molecular weight excluding hydrogens is 310 g/mol. The first-order chi connectivity index (χ1) is 11.6. The molecule has 1 N–H and O–H groups in total. The number of likely N-dealkylation sites (tertiary alicyclic amines) is 1. The summed E-state index contributed by atoms with van der Waals surface area (Å²) in [4.78, 5) is 14.8. The van der Waals surface area contributed by atoms with Crippen LogP contribution in [0, 0.1) is 13.8 Å². The van der Waals surface area contributed by atoms with Gasteiger partial charge in [0.05, 0.1) is 37.4 Å². The molecule has 2 aromatic rings. The van der Waals surface area contributed by atoms with E-state index in [1.807, 2.05) is 13.8 Å². The first-order valence-corrected chi connectivity index (χ1v) is 8.21. The lowest BCUT2D eigenvalue weighted by Crippen LogP contribution is -2.26. The third kappa shape index (κ3) is 3.66. The predicted octanol–water partition coefficient (Wildman–Crippen LogP) is 1.56. The van der Waals surface area contributed by atoms with Crippen molar-refractivity contribution in [2.45, 2.75) is 45.4 Å². The van der Waals surface area contributed by atoms with E-state index in [1.54, 1.807) is 14.2 Å². The minimum absolute atomic E-state index is 0.170. The van der Waals surface area contributed by atoms with Crippen molar-refractivity contribution in [3.63, 3.8) is 0 Å². The molecule has 132 valence electrons. The highest BCUT2D eigenvalue weighted by molar-refractivity contribution is 5.14. The van der Waals surface area contributed by atoms with Crippen molar-refractivity contribution in [2.24, 2.45) is 0 Å². The van der Waals surface area contributed by atoms with Gasteiger partial charge in [0.15, 0.2) is 5.82 Å². The summed E-state index contributed by atoms with van der Waals surface area (Å²) in [6, 6.07) is 0.170. The normalized spacial score (nSPS) is 21.7. The molecule has 1 fully saturated rings. The zero-order valence-corrected chi connectivity index (χ0v) is 14.7. The van der Waals surface area contributed by atoms with Crippen molar-refractivity contribution >= 4 is 0 Å². The second-order valence-electron chi connectivity index (χ2n) is 6.22. The van der Waals surface area contributed by atoms with Crippen LogP contribution in [0.4, 0.5) is 0 Å². The molecule has 8 nitrogen and oxygen atoms in total. The van der Waals surface area contributed by atoms with E-state index in [-0.39, 0.29) is 12.1 Å². The Bertz CT molecular complexity index is 649. The van der Waals surface area contributed by atoms with E-state index in [4.69, 9.17) is 14.0 Å². The Morgan fingerprint density at radius 3 is 2.79 bits per heavy atom. The van der Waals surface area contributed by atoms with Crippen LogP contribution in [0.5, 0.6) is 0 Å². The van der Waals surface area contributed by atoms with E-state index in [1.165, 1.54) is 0 Å².